The van der Waals surface area contributed by atoms with Crippen molar-refractivity contribution in [1.29, 1.82) is 5.26 Å². The van der Waals surface area contributed by atoms with Crippen molar-refractivity contribution in [3.05, 3.63) is 82.0 Å². The highest BCUT2D eigenvalue weighted by molar-refractivity contribution is 5.94. The monoisotopic (exact) mass is 487 g/mol. The van der Waals surface area contributed by atoms with Gasteiger partial charge in [0.05, 0.1) is 36.0 Å². The molecule has 5 heterocycles. The van der Waals surface area contributed by atoms with E-state index in [0.717, 1.165) is 16.8 Å². The quantitative estimate of drug-likeness (QED) is 0.561. The molecule has 2 aliphatic heterocycles. The van der Waals surface area contributed by atoms with Crippen LogP contribution in [0, 0.1) is 11.3 Å². The predicted octanol–water partition coefficient (Wildman–Crippen LogP) is 1.63. The molecular formula is C27H29N5O4. The van der Waals surface area contributed by atoms with Gasteiger partial charge in [0.1, 0.15) is 11.0 Å². The molecule has 2 N–H and O–H groups in total. The summed E-state index contributed by atoms with van der Waals surface area (Å²) >= 11 is 0. The molecule has 0 unspecified atom stereocenters. The van der Waals surface area contributed by atoms with Gasteiger partial charge in [0.15, 0.2) is 0 Å². The van der Waals surface area contributed by atoms with Gasteiger partial charge in [0.25, 0.3) is 11.5 Å². The van der Waals surface area contributed by atoms with Gasteiger partial charge in [-0.15, -0.1) is 0 Å². The van der Waals surface area contributed by atoms with Crippen molar-refractivity contribution in [2.75, 3.05) is 26.3 Å². The van der Waals surface area contributed by atoms with Crippen LogP contribution in [0.5, 0.6) is 0 Å². The molecule has 0 aliphatic carbocycles. The highest BCUT2D eigenvalue weighted by Crippen LogP contribution is 2.34. The summed E-state index contributed by atoms with van der Waals surface area (Å²) in [5.74, 6) is -0.522. The maximum Gasteiger partial charge on any atom is 0.267 e. The lowest BCUT2D eigenvalue weighted by atomic mass is 9.76. The Morgan fingerprint density at radius 3 is 2.78 bits per heavy atom. The van der Waals surface area contributed by atoms with Crippen LogP contribution in [-0.2, 0) is 16.7 Å². The number of rotatable bonds is 5. The normalized spacial score (nSPS) is 22.1. The van der Waals surface area contributed by atoms with Crippen LogP contribution < -0.4 is 10.9 Å². The first-order valence-electron chi connectivity index (χ1n) is 12.3. The highest BCUT2D eigenvalue weighted by Gasteiger charge is 2.37. The lowest BCUT2D eigenvalue weighted by Gasteiger charge is -2.37. The molecule has 2 fully saturated rings. The number of hydrogen-bond acceptors (Lipinski definition) is 7. The topological polar surface area (TPSA) is 120 Å². The van der Waals surface area contributed by atoms with Gasteiger partial charge in [-0.25, -0.2) is 0 Å². The van der Waals surface area contributed by atoms with E-state index in [1.54, 1.807) is 24.5 Å². The molecule has 3 aromatic rings. The van der Waals surface area contributed by atoms with Gasteiger partial charge in [-0.05, 0) is 55.2 Å². The van der Waals surface area contributed by atoms with E-state index in [9.17, 15) is 20.0 Å². The molecule has 0 aromatic carbocycles. The Morgan fingerprint density at radius 1 is 1.25 bits per heavy atom. The van der Waals surface area contributed by atoms with E-state index in [2.05, 4.69) is 21.3 Å². The summed E-state index contributed by atoms with van der Waals surface area (Å²) < 4.78 is 6.88. The van der Waals surface area contributed by atoms with E-state index in [1.165, 1.54) is 4.40 Å². The molecule has 36 heavy (non-hydrogen) atoms. The molecule has 5 rings (SSSR count). The number of aliphatic hydroxyl groups excluding tert-OH is 1. The highest BCUT2D eigenvalue weighted by atomic mass is 16.5. The molecule has 0 spiro atoms. The van der Waals surface area contributed by atoms with Gasteiger partial charge in [0.2, 0.25) is 0 Å². The number of piperidine rings is 1. The Balaban J connectivity index is 1.39. The Bertz CT molecular complexity index is 1340. The van der Waals surface area contributed by atoms with E-state index >= 15 is 0 Å². The van der Waals surface area contributed by atoms with Crippen molar-refractivity contribution >= 4 is 11.4 Å². The molecule has 9 nitrogen and oxygen atoms in total. The molecule has 0 saturated carbocycles. The lowest BCUT2D eigenvalue weighted by molar-refractivity contribution is -0.0140. The number of ether oxygens (including phenoxy) is 1. The number of pyridine rings is 3. The van der Waals surface area contributed by atoms with Crippen LogP contribution in [0.3, 0.4) is 0 Å². The van der Waals surface area contributed by atoms with Crippen LogP contribution >= 0.6 is 0 Å². The number of likely N-dealkylation sites (tertiary alicyclic amines) is 1. The molecule has 3 aromatic heterocycles. The first-order chi connectivity index (χ1) is 17.5. The van der Waals surface area contributed by atoms with Gasteiger partial charge < -0.3 is 15.2 Å². The molecule has 1 amide bonds. The fraction of sp³-hybridized carbons (Fsp3) is 0.407. The first kappa shape index (κ1) is 24.1. The predicted molar refractivity (Wildman–Crippen MR) is 132 cm³/mol. The fourth-order valence-corrected chi connectivity index (χ4v) is 5.13. The number of nitrogens with one attached hydrogen (secondary N) is 1. The summed E-state index contributed by atoms with van der Waals surface area (Å²) in [5, 5.41) is 23.0. The summed E-state index contributed by atoms with van der Waals surface area (Å²) in [6.07, 6.45) is 4.41. The second-order valence-electron chi connectivity index (χ2n) is 9.54. The van der Waals surface area contributed by atoms with Crippen LogP contribution in [-0.4, -0.2) is 63.7 Å². The van der Waals surface area contributed by atoms with E-state index in [1.807, 2.05) is 30.3 Å². The Hall–Kier alpha value is -3.58. The minimum atomic E-state index is -0.710. The zero-order chi connectivity index (χ0) is 25.1. The van der Waals surface area contributed by atoms with Crippen LogP contribution in [0.4, 0.5) is 0 Å². The molecule has 2 atom stereocenters. The third kappa shape index (κ3) is 4.63. The van der Waals surface area contributed by atoms with Crippen molar-refractivity contribution < 1.29 is 14.6 Å². The van der Waals surface area contributed by atoms with Crippen molar-refractivity contribution in [2.45, 2.75) is 43.4 Å². The zero-order valence-corrected chi connectivity index (χ0v) is 20.0. The molecule has 2 aliphatic rings. The number of hydrogen-bond donors (Lipinski definition) is 2. The van der Waals surface area contributed by atoms with Crippen molar-refractivity contribution in [1.82, 2.24) is 19.6 Å². The van der Waals surface area contributed by atoms with Gasteiger partial charge in [-0.1, -0.05) is 12.1 Å². The average molecular weight is 488 g/mol. The van der Waals surface area contributed by atoms with Crippen LogP contribution in [0.15, 0.2) is 59.7 Å². The maximum atomic E-state index is 13.2. The molecule has 0 bridgehead atoms. The number of aromatic nitrogens is 2. The standard InChI is InChI=1S/C27H29N5O4/c28-18-27(24-6-1-3-10-29-24)8-12-31(13-9-27)16-19-15-20(26(35)32-11-4-2-5-22(19)32)25(34)30-21-17-36-14-7-23(21)33/h1-6,10-11,15,21,23,33H,7-9,12-14,16-17H2,(H,30,34)/t21-,23+/m0/s1. The van der Waals surface area contributed by atoms with Crippen molar-refractivity contribution in [3.63, 3.8) is 0 Å². The third-order valence-corrected chi connectivity index (χ3v) is 7.31. The molecule has 9 heteroatoms. The third-order valence-electron chi connectivity index (χ3n) is 7.31. The Labute approximate surface area is 209 Å². The SMILES string of the molecule is N#CC1(c2ccccn2)CCN(Cc2cc(C(=O)N[C@H]3COCC[C@H]3O)c(=O)n3ccccc23)CC1. The van der Waals surface area contributed by atoms with Gasteiger partial charge >= 0.3 is 0 Å². The molecular weight excluding hydrogens is 458 g/mol. The van der Waals surface area contributed by atoms with E-state index in [-0.39, 0.29) is 12.2 Å². The van der Waals surface area contributed by atoms with Crippen molar-refractivity contribution in [3.8, 4) is 6.07 Å². The molecule has 186 valence electrons. The average Bonchev–Trinajstić information content (AvgIpc) is 2.92. The van der Waals surface area contributed by atoms with Crippen LogP contribution in [0.25, 0.3) is 5.52 Å². The van der Waals surface area contributed by atoms with E-state index in [4.69, 9.17) is 4.74 Å². The second-order valence-corrected chi connectivity index (χ2v) is 9.54. The summed E-state index contributed by atoms with van der Waals surface area (Å²) in [4.78, 5) is 33.0. The van der Waals surface area contributed by atoms with Gasteiger partial charge in [0, 0.05) is 38.6 Å². The number of nitriles is 1. The Morgan fingerprint density at radius 2 is 2.06 bits per heavy atom. The fourth-order valence-electron chi connectivity index (χ4n) is 5.13. The largest absolute Gasteiger partial charge is 0.391 e. The lowest BCUT2D eigenvalue weighted by Crippen LogP contribution is -2.50. The van der Waals surface area contributed by atoms with Gasteiger partial charge in [-0.3, -0.25) is 23.9 Å². The minimum absolute atomic E-state index is 0.0309. The second kappa shape index (κ2) is 10.2. The zero-order valence-electron chi connectivity index (χ0n) is 20.0. The Kier molecular flexibility index (Phi) is 6.83. The van der Waals surface area contributed by atoms with Crippen LogP contribution in [0.1, 0.15) is 40.9 Å². The number of nitrogens with zero attached hydrogens (tertiary/aromatic N) is 4. The molecule has 2 saturated heterocycles. The number of carbonyl (C=O) groups is 1. The minimum Gasteiger partial charge on any atom is -0.391 e. The maximum absolute atomic E-state index is 13.2. The van der Waals surface area contributed by atoms with Crippen molar-refractivity contribution in [2.24, 2.45) is 0 Å². The summed E-state index contributed by atoms with van der Waals surface area (Å²) in [5.41, 5.74) is 1.40. The summed E-state index contributed by atoms with van der Waals surface area (Å²) in [6, 6.07) is 14.8. The smallest absolute Gasteiger partial charge is 0.267 e. The number of amides is 1. The number of fused-ring (bicyclic) bond motifs is 1. The summed E-state index contributed by atoms with van der Waals surface area (Å²) in [6.45, 7) is 2.57. The first-order valence-corrected chi connectivity index (χ1v) is 12.3. The number of aliphatic hydroxyl groups is 1. The van der Waals surface area contributed by atoms with Crippen LogP contribution in [0.2, 0.25) is 0 Å². The number of carbonyl (C=O) groups excluding carboxylic acids is 1. The van der Waals surface area contributed by atoms with E-state index in [0.29, 0.717) is 45.5 Å². The summed E-state index contributed by atoms with van der Waals surface area (Å²) in [7, 11) is 0. The van der Waals surface area contributed by atoms with E-state index < -0.39 is 29.0 Å². The van der Waals surface area contributed by atoms with Gasteiger partial charge in [-0.2, -0.15) is 5.26 Å². The molecule has 0 radical (unpaired) electrons.